The summed E-state index contributed by atoms with van der Waals surface area (Å²) in [6.45, 7) is 4.36. The van der Waals surface area contributed by atoms with Crippen molar-refractivity contribution in [1.29, 1.82) is 5.26 Å². The van der Waals surface area contributed by atoms with Crippen molar-refractivity contribution in [3.8, 4) is 6.07 Å². The number of rotatable bonds is 5. The summed E-state index contributed by atoms with van der Waals surface area (Å²) in [5.74, 6) is 0. The summed E-state index contributed by atoms with van der Waals surface area (Å²) in [4.78, 5) is 0.269. The van der Waals surface area contributed by atoms with Crippen LogP contribution in [-0.4, -0.2) is 15.0 Å². The van der Waals surface area contributed by atoms with E-state index in [0.717, 1.165) is 19.3 Å². The summed E-state index contributed by atoms with van der Waals surface area (Å²) in [6, 6.07) is 6.70. The molecule has 1 aromatic rings. The Bertz CT molecular complexity index is 653. The number of hydrogen-bond donors (Lipinski definition) is 1. The van der Waals surface area contributed by atoms with Crippen molar-refractivity contribution in [2.75, 3.05) is 6.54 Å². The van der Waals surface area contributed by atoms with Crippen LogP contribution in [0.5, 0.6) is 0 Å². The Hall–Kier alpha value is -1.38. The Balaban J connectivity index is 2.17. The Morgan fingerprint density at radius 2 is 2.00 bits per heavy atom. The summed E-state index contributed by atoms with van der Waals surface area (Å²) < 4.78 is 27.7. The summed E-state index contributed by atoms with van der Waals surface area (Å²) in [6.07, 6.45) is 5.57. The Morgan fingerprint density at radius 1 is 1.33 bits per heavy atom. The van der Waals surface area contributed by atoms with E-state index in [0.29, 0.717) is 17.7 Å². The van der Waals surface area contributed by atoms with Gasteiger partial charge in [-0.2, -0.15) is 5.26 Å². The number of hydrogen-bond acceptors (Lipinski definition) is 3. The first kappa shape index (κ1) is 16.0. The molecule has 1 N–H and O–H groups in total. The van der Waals surface area contributed by atoms with E-state index < -0.39 is 10.0 Å². The van der Waals surface area contributed by atoms with E-state index in [1.165, 1.54) is 18.9 Å². The van der Waals surface area contributed by atoms with Crippen LogP contribution >= 0.6 is 0 Å². The monoisotopic (exact) mass is 306 g/mol. The van der Waals surface area contributed by atoms with Crippen molar-refractivity contribution in [3.63, 3.8) is 0 Å². The molecule has 1 saturated carbocycles. The van der Waals surface area contributed by atoms with Crippen LogP contribution in [0.2, 0.25) is 0 Å². The molecule has 1 aromatic carbocycles. The van der Waals surface area contributed by atoms with Crippen molar-refractivity contribution in [1.82, 2.24) is 4.72 Å². The minimum atomic E-state index is -3.51. The highest BCUT2D eigenvalue weighted by Crippen LogP contribution is 2.40. The highest BCUT2D eigenvalue weighted by Gasteiger charge is 2.33. The van der Waals surface area contributed by atoms with Gasteiger partial charge in [-0.05, 0) is 55.4 Å². The average molecular weight is 306 g/mol. The molecule has 21 heavy (non-hydrogen) atoms. The van der Waals surface area contributed by atoms with Crippen LogP contribution in [0.25, 0.3) is 0 Å². The average Bonchev–Trinajstić information content (AvgIpc) is 2.94. The Morgan fingerprint density at radius 3 is 2.52 bits per heavy atom. The maximum Gasteiger partial charge on any atom is 0.240 e. The second-order valence-corrected chi connectivity index (χ2v) is 7.71. The molecule has 0 atom stereocenters. The van der Waals surface area contributed by atoms with Gasteiger partial charge in [-0.25, -0.2) is 13.1 Å². The van der Waals surface area contributed by atoms with Gasteiger partial charge in [0.1, 0.15) is 0 Å². The number of sulfonamides is 1. The van der Waals surface area contributed by atoms with Gasteiger partial charge < -0.3 is 0 Å². The number of benzene rings is 1. The third-order valence-electron chi connectivity index (χ3n) is 4.64. The zero-order chi connectivity index (χ0) is 15.5. The first-order valence-electron chi connectivity index (χ1n) is 7.43. The van der Waals surface area contributed by atoms with E-state index in [-0.39, 0.29) is 10.3 Å². The lowest BCUT2D eigenvalue weighted by atomic mass is 9.84. The second-order valence-electron chi connectivity index (χ2n) is 5.98. The molecule has 0 heterocycles. The fraction of sp³-hybridized carbons (Fsp3) is 0.562. The first-order chi connectivity index (χ1) is 9.92. The summed E-state index contributed by atoms with van der Waals surface area (Å²) in [7, 11) is -3.51. The first-order valence-corrected chi connectivity index (χ1v) is 8.91. The standard InChI is InChI=1S/C16H22N2O2S/c1-3-16(8-4-5-9-16)12-18-21(19,20)15-7-6-14(11-17)10-13(15)2/h6-7,10,18H,3-5,8-9,12H2,1-2H3. The molecular formula is C16H22N2O2S. The van der Waals surface area contributed by atoms with Crippen molar-refractivity contribution < 1.29 is 8.42 Å². The van der Waals surface area contributed by atoms with Gasteiger partial charge in [-0.15, -0.1) is 0 Å². The summed E-state index contributed by atoms with van der Waals surface area (Å²) in [5, 5.41) is 8.85. The smallest absolute Gasteiger partial charge is 0.211 e. The number of aryl methyl sites for hydroxylation is 1. The lowest BCUT2D eigenvalue weighted by molar-refractivity contribution is 0.285. The molecule has 5 heteroatoms. The molecule has 114 valence electrons. The van der Waals surface area contributed by atoms with Crippen molar-refractivity contribution >= 4 is 10.0 Å². The molecule has 4 nitrogen and oxygen atoms in total. The molecule has 0 saturated heterocycles. The Labute approximate surface area is 127 Å². The van der Waals surface area contributed by atoms with E-state index in [4.69, 9.17) is 5.26 Å². The van der Waals surface area contributed by atoms with Crippen LogP contribution in [0, 0.1) is 23.7 Å². The molecule has 1 aliphatic rings. The van der Waals surface area contributed by atoms with Crippen LogP contribution < -0.4 is 4.72 Å². The van der Waals surface area contributed by atoms with Gasteiger partial charge in [0.15, 0.2) is 0 Å². The van der Waals surface area contributed by atoms with Gasteiger partial charge in [0.25, 0.3) is 0 Å². The lowest BCUT2D eigenvalue weighted by Gasteiger charge is -2.27. The van der Waals surface area contributed by atoms with Gasteiger partial charge in [-0.3, -0.25) is 0 Å². The molecule has 1 fully saturated rings. The number of nitrogens with one attached hydrogen (secondary N) is 1. The molecule has 2 rings (SSSR count). The third kappa shape index (κ3) is 3.45. The number of nitriles is 1. The van der Waals surface area contributed by atoms with Crippen molar-refractivity contribution in [2.45, 2.75) is 50.8 Å². The van der Waals surface area contributed by atoms with E-state index in [1.807, 2.05) is 6.07 Å². The minimum absolute atomic E-state index is 0.119. The van der Waals surface area contributed by atoms with Gasteiger partial charge in [0.2, 0.25) is 10.0 Å². The molecule has 0 radical (unpaired) electrons. The van der Waals surface area contributed by atoms with Gasteiger partial charge >= 0.3 is 0 Å². The van der Waals surface area contributed by atoms with Crippen LogP contribution in [0.15, 0.2) is 23.1 Å². The molecule has 0 aliphatic heterocycles. The van der Waals surface area contributed by atoms with Gasteiger partial charge in [-0.1, -0.05) is 19.8 Å². The Kier molecular flexibility index (Phi) is 4.70. The maximum absolute atomic E-state index is 12.5. The molecule has 0 aromatic heterocycles. The fourth-order valence-electron chi connectivity index (χ4n) is 3.13. The SMILES string of the molecule is CCC1(CNS(=O)(=O)c2ccc(C#N)cc2C)CCCC1. The van der Waals surface area contributed by atoms with E-state index in [2.05, 4.69) is 11.6 Å². The third-order valence-corrected chi connectivity index (χ3v) is 6.21. The van der Waals surface area contributed by atoms with Crippen molar-refractivity contribution in [3.05, 3.63) is 29.3 Å². The van der Waals surface area contributed by atoms with E-state index >= 15 is 0 Å². The van der Waals surface area contributed by atoms with E-state index in [1.54, 1.807) is 19.1 Å². The van der Waals surface area contributed by atoms with Crippen molar-refractivity contribution in [2.24, 2.45) is 5.41 Å². The molecule has 0 bridgehead atoms. The largest absolute Gasteiger partial charge is 0.240 e. The van der Waals surface area contributed by atoms with Crippen LogP contribution in [0.3, 0.4) is 0 Å². The molecule has 0 unspecified atom stereocenters. The molecule has 1 aliphatic carbocycles. The highest BCUT2D eigenvalue weighted by atomic mass is 32.2. The van der Waals surface area contributed by atoms with Gasteiger partial charge in [0.05, 0.1) is 16.5 Å². The summed E-state index contributed by atoms with van der Waals surface area (Å²) in [5.41, 5.74) is 1.21. The normalized spacial score (nSPS) is 17.6. The highest BCUT2D eigenvalue weighted by molar-refractivity contribution is 7.89. The van der Waals surface area contributed by atoms with Crippen LogP contribution in [0.1, 0.15) is 50.2 Å². The zero-order valence-electron chi connectivity index (χ0n) is 12.6. The lowest BCUT2D eigenvalue weighted by Crippen LogP contribution is -2.35. The molecule has 0 spiro atoms. The number of nitrogens with zero attached hydrogens (tertiary/aromatic N) is 1. The molecular weight excluding hydrogens is 284 g/mol. The second kappa shape index (κ2) is 6.17. The van der Waals surface area contributed by atoms with Gasteiger partial charge in [0, 0.05) is 6.54 Å². The quantitative estimate of drug-likeness (QED) is 0.908. The fourth-order valence-corrected chi connectivity index (χ4v) is 4.51. The van der Waals surface area contributed by atoms with Crippen LogP contribution in [-0.2, 0) is 10.0 Å². The van der Waals surface area contributed by atoms with Crippen LogP contribution in [0.4, 0.5) is 0 Å². The summed E-state index contributed by atoms with van der Waals surface area (Å²) >= 11 is 0. The molecule has 0 amide bonds. The minimum Gasteiger partial charge on any atom is -0.211 e. The topological polar surface area (TPSA) is 70.0 Å². The predicted octanol–water partition coefficient (Wildman–Crippen LogP) is 3.12. The zero-order valence-corrected chi connectivity index (χ0v) is 13.5. The van der Waals surface area contributed by atoms with E-state index in [9.17, 15) is 8.42 Å². The predicted molar refractivity (Wildman–Crippen MR) is 82.3 cm³/mol. The maximum atomic E-state index is 12.5.